The highest BCUT2D eigenvalue weighted by atomic mass is 16.5. The number of carbonyl (C=O) groups excluding carboxylic acids is 1. The Morgan fingerprint density at radius 2 is 2.21 bits per heavy atom. The van der Waals surface area contributed by atoms with Crippen LogP contribution in [0.1, 0.15) is 43.8 Å². The molecule has 1 heterocycles. The first-order valence-electron chi connectivity index (χ1n) is 6.35. The van der Waals surface area contributed by atoms with Crippen LogP contribution < -0.4 is 5.32 Å². The van der Waals surface area contributed by atoms with E-state index in [9.17, 15) is 9.59 Å². The van der Waals surface area contributed by atoms with E-state index in [1.54, 1.807) is 6.92 Å². The zero-order valence-electron chi connectivity index (χ0n) is 10.8. The van der Waals surface area contributed by atoms with Crippen LogP contribution in [0.3, 0.4) is 0 Å². The molecule has 7 nitrogen and oxygen atoms in total. The summed E-state index contributed by atoms with van der Waals surface area (Å²) >= 11 is 0. The number of aliphatic carboxylic acids is 1. The first-order valence-corrected chi connectivity index (χ1v) is 6.35. The number of rotatable bonds is 6. The van der Waals surface area contributed by atoms with Crippen molar-refractivity contribution < 1.29 is 19.2 Å². The minimum absolute atomic E-state index is 0.238. The van der Waals surface area contributed by atoms with Gasteiger partial charge in [-0.05, 0) is 32.6 Å². The lowest BCUT2D eigenvalue weighted by Gasteiger charge is -2.38. The smallest absolute Gasteiger partial charge is 0.329 e. The first-order chi connectivity index (χ1) is 9.02. The highest BCUT2D eigenvalue weighted by Gasteiger charge is 2.45. The fourth-order valence-electron chi connectivity index (χ4n) is 2.09. The summed E-state index contributed by atoms with van der Waals surface area (Å²) in [5.41, 5.74) is -1.03. The van der Waals surface area contributed by atoms with Crippen LogP contribution in [0.5, 0.6) is 0 Å². The molecule has 0 atom stereocenters. The molecule has 0 unspecified atom stereocenters. The van der Waals surface area contributed by atoms with Gasteiger partial charge in [-0.3, -0.25) is 4.79 Å². The number of nitrogens with one attached hydrogen (secondary N) is 1. The van der Waals surface area contributed by atoms with Gasteiger partial charge in [0.1, 0.15) is 5.54 Å². The average molecular weight is 267 g/mol. The summed E-state index contributed by atoms with van der Waals surface area (Å²) in [6.07, 6.45) is 3.20. The van der Waals surface area contributed by atoms with Crippen molar-refractivity contribution in [2.24, 2.45) is 0 Å². The van der Waals surface area contributed by atoms with E-state index in [4.69, 9.17) is 9.63 Å². The van der Waals surface area contributed by atoms with Gasteiger partial charge < -0.3 is 14.9 Å². The fourth-order valence-corrected chi connectivity index (χ4v) is 2.09. The quantitative estimate of drug-likeness (QED) is 0.790. The normalized spacial score (nSPS) is 16.7. The van der Waals surface area contributed by atoms with Gasteiger partial charge >= 0.3 is 5.97 Å². The fraction of sp³-hybridized carbons (Fsp3) is 0.667. The standard InChI is InChI=1S/C12H17N3O4/c1-8-13-10(19-15-8)5-2-4-9(16)14-12(11(17)18)6-3-7-12/h2-7H2,1H3,(H,14,16)(H,17,18). The van der Waals surface area contributed by atoms with Crippen molar-refractivity contribution in [3.63, 3.8) is 0 Å². The van der Waals surface area contributed by atoms with Gasteiger partial charge in [0.05, 0.1) is 0 Å². The third-order valence-corrected chi connectivity index (χ3v) is 3.36. The summed E-state index contributed by atoms with van der Waals surface area (Å²) in [7, 11) is 0. The molecule has 1 aromatic rings. The molecular formula is C12H17N3O4. The second-order valence-electron chi connectivity index (χ2n) is 4.88. The van der Waals surface area contributed by atoms with E-state index in [2.05, 4.69) is 15.5 Å². The number of carbonyl (C=O) groups is 2. The third kappa shape index (κ3) is 3.10. The van der Waals surface area contributed by atoms with Gasteiger partial charge in [0, 0.05) is 12.8 Å². The molecule has 2 rings (SSSR count). The molecule has 0 spiro atoms. The van der Waals surface area contributed by atoms with Gasteiger partial charge in [0.2, 0.25) is 11.8 Å². The predicted octanol–water partition coefficient (Wildman–Crippen LogP) is 0.824. The largest absolute Gasteiger partial charge is 0.480 e. The third-order valence-electron chi connectivity index (χ3n) is 3.36. The van der Waals surface area contributed by atoms with Crippen molar-refractivity contribution in [1.82, 2.24) is 15.5 Å². The van der Waals surface area contributed by atoms with Crippen LogP contribution in [0.2, 0.25) is 0 Å². The maximum atomic E-state index is 11.7. The molecule has 1 aliphatic carbocycles. The molecule has 2 N–H and O–H groups in total. The minimum atomic E-state index is -1.03. The summed E-state index contributed by atoms with van der Waals surface area (Å²) in [6, 6.07) is 0. The van der Waals surface area contributed by atoms with E-state index in [0.717, 1.165) is 6.42 Å². The van der Waals surface area contributed by atoms with Crippen molar-refractivity contribution in [3.05, 3.63) is 11.7 Å². The van der Waals surface area contributed by atoms with Crippen molar-refractivity contribution in [2.75, 3.05) is 0 Å². The number of aryl methyl sites for hydroxylation is 2. The number of carboxylic acid groups (broad SMARTS) is 1. The van der Waals surface area contributed by atoms with E-state index in [1.807, 2.05) is 0 Å². The number of carboxylic acids is 1. The van der Waals surface area contributed by atoms with Gasteiger partial charge in [0.25, 0.3) is 0 Å². The second-order valence-corrected chi connectivity index (χ2v) is 4.88. The van der Waals surface area contributed by atoms with Crippen LogP contribution in [-0.2, 0) is 16.0 Å². The zero-order chi connectivity index (χ0) is 13.9. The first kappa shape index (κ1) is 13.5. The van der Waals surface area contributed by atoms with Crippen LogP contribution in [0.4, 0.5) is 0 Å². The van der Waals surface area contributed by atoms with Gasteiger partial charge in [-0.25, -0.2) is 4.79 Å². The number of aromatic nitrogens is 2. The topological polar surface area (TPSA) is 105 Å². The summed E-state index contributed by atoms with van der Waals surface area (Å²) in [4.78, 5) is 26.8. The number of hydrogen-bond donors (Lipinski definition) is 2. The van der Waals surface area contributed by atoms with Crippen LogP contribution in [0.25, 0.3) is 0 Å². The van der Waals surface area contributed by atoms with Gasteiger partial charge in [-0.1, -0.05) is 5.16 Å². The van der Waals surface area contributed by atoms with E-state index in [1.165, 1.54) is 0 Å². The van der Waals surface area contributed by atoms with Crippen molar-refractivity contribution in [2.45, 2.75) is 51.0 Å². The lowest BCUT2D eigenvalue weighted by Crippen LogP contribution is -2.59. The molecule has 0 saturated heterocycles. The Balaban J connectivity index is 1.74. The molecule has 0 aliphatic heterocycles. The highest BCUT2D eigenvalue weighted by Crippen LogP contribution is 2.32. The van der Waals surface area contributed by atoms with Crippen molar-refractivity contribution >= 4 is 11.9 Å². The molecule has 104 valence electrons. The van der Waals surface area contributed by atoms with Crippen molar-refractivity contribution in [1.29, 1.82) is 0 Å². The lowest BCUT2D eigenvalue weighted by atomic mass is 9.76. The Morgan fingerprint density at radius 1 is 1.47 bits per heavy atom. The van der Waals surface area contributed by atoms with Gasteiger partial charge in [-0.15, -0.1) is 0 Å². The Kier molecular flexibility index (Phi) is 3.82. The minimum Gasteiger partial charge on any atom is -0.480 e. The van der Waals surface area contributed by atoms with Crippen LogP contribution in [0, 0.1) is 6.92 Å². The van der Waals surface area contributed by atoms with E-state index >= 15 is 0 Å². The maximum absolute atomic E-state index is 11.7. The summed E-state index contributed by atoms with van der Waals surface area (Å²) < 4.78 is 4.93. The summed E-state index contributed by atoms with van der Waals surface area (Å²) in [5, 5.41) is 15.4. The van der Waals surface area contributed by atoms with E-state index in [-0.39, 0.29) is 12.3 Å². The molecule has 19 heavy (non-hydrogen) atoms. The number of amides is 1. The summed E-state index contributed by atoms with van der Waals surface area (Å²) in [5.74, 6) is -0.112. The SMILES string of the molecule is Cc1noc(CCCC(=O)NC2(C(=O)O)CCC2)n1. The average Bonchev–Trinajstić information content (AvgIpc) is 2.69. The molecule has 1 aliphatic rings. The summed E-state index contributed by atoms with van der Waals surface area (Å²) in [6.45, 7) is 1.73. The molecule has 1 fully saturated rings. The molecule has 0 radical (unpaired) electrons. The Bertz CT molecular complexity index is 479. The maximum Gasteiger partial charge on any atom is 0.329 e. The molecule has 7 heteroatoms. The highest BCUT2D eigenvalue weighted by molar-refractivity contribution is 5.87. The van der Waals surface area contributed by atoms with E-state index in [0.29, 0.717) is 37.4 Å². The zero-order valence-corrected chi connectivity index (χ0v) is 10.8. The number of hydrogen-bond acceptors (Lipinski definition) is 5. The van der Waals surface area contributed by atoms with Crippen LogP contribution >= 0.6 is 0 Å². The lowest BCUT2D eigenvalue weighted by molar-refractivity contribution is -0.151. The predicted molar refractivity (Wildman–Crippen MR) is 64.3 cm³/mol. The van der Waals surface area contributed by atoms with Gasteiger partial charge in [-0.2, -0.15) is 4.98 Å². The van der Waals surface area contributed by atoms with Gasteiger partial charge in [0.15, 0.2) is 5.82 Å². The Hall–Kier alpha value is -1.92. The number of nitrogens with zero attached hydrogens (tertiary/aromatic N) is 2. The van der Waals surface area contributed by atoms with Crippen LogP contribution in [-0.4, -0.2) is 32.7 Å². The molecule has 1 aromatic heterocycles. The van der Waals surface area contributed by atoms with E-state index < -0.39 is 11.5 Å². The molecule has 1 amide bonds. The van der Waals surface area contributed by atoms with Crippen molar-refractivity contribution in [3.8, 4) is 0 Å². The molecule has 0 bridgehead atoms. The Morgan fingerprint density at radius 3 is 2.68 bits per heavy atom. The molecular weight excluding hydrogens is 250 g/mol. The molecule has 1 saturated carbocycles. The Labute approximate surface area is 110 Å². The molecule has 0 aromatic carbocycles. The second kappa shape index (κ2) is 5.38. The monoisotopic (exact) mass is 267 g/mol. The van der Waals surface area contributed by atoms with Crippen LogP contribution in [0.15, 0.2) is 4.52 Å².